The summed E-state index contributed by atoms with van der Waals surface area (Å²) in [4.78, 5) is 56.7. The van der Waals surface area contributed by atoms with Gasteiger partial charge in [-0.2, -0.15) is 0 Å². The molecule has 3 saturated carbocycles. The predicted molar refractivity (Wildman–Crippen MR) is 171 cm³/mol. The molecule has 45 heavy (non-hydrogen) atoms. The van der Waals surface area contributed by atoms with E-state index in [1.54, 1.807) is 26.0 Å². The van der Waals surface area contributed by atoms with Crippen molar-refractivity contribution in [3.63, 3.8) is 0 Å². The number of benzene rings is 1. The van der Waals surface area contributed by atoms with Gasteiger partial charge in [0.2, 0.25) is 23.6 Å². The number of phenolic OH excluding ortho intramolecular Hbond substituents is 1. The van der Waals surface area contributed by atoms with E-state index in [1.165, 1.54) is 0 Å². The highest BCUT2D eigenvalue weighted by molar-refractivity contribution is 5.94. The van der Waals surface area contributed by atoms with Gasteiger partial charge in [0.05, 0.1) is 6.04 Å². The van der Waals surface area contributed by atoms with Crippen LogP contribution in [0.3, 0.4) is 0 Å². The fraction of sp³-hybridized carbons (Fsp3) is 0.645. The number of hydrogen-bond acceptors (Lipinski definition) is 8. The Kier molecular flexibility index (Phi) is 12.6. The zero-order valence-electron chi connectivity index (χ0n) is 26.4. The number of phenols is 1. The third kappa shape index (κ3) is 10.0. The summed E-state index contributed by atoms with van der Waals surface area (Å²) in [5.41, 5.74) is 30.5. The number of primary amides is 1. The van der Waals surface area contributed by atoms with Gasteiger partial charge in [0.25, 0.3) is 0 Å². The molecule has 0 aliphatic heterocycles. The van der Waals surface area contributed by atoms with Crippen LogP contribution in [0.15, 0.2) is 17.1 Å². The van der Waals surface area contributed by atoms with Crippen LogP contribution >= 0.6 is 0 Å². The molecule has 1 aromatic rings. The van der Waals surface area contributed by atoms with E-state index in [0.29, 0.717) is 44.7 Å². The van der Waals surface area contributed by atoms with Crippen LogP contribution in [0, 0.1) is 25.2 Å². The van der Waals surface area contributed by atoms with E-state index in [9.17, 15) is 24.3 Å². The first-order valence-electron chi connectivity index (χ1n) is 15.7. The van der Waals surface area contributed by atoms with Crippen molar-refractivity contribution in [1.82, 2.24) is 16.0 Å². The topological polar surface area (TPSA) is 267 Å². The van der Waals surface area contributed by atoms with Crippen molar-refractivity contribution >= 4 is 29.6 Å². The van der Waals surface area contributed by atoms with Crippen molar-refractivity contribution in [1.29, 1.82) is 0 Å². The number of nitrogens with one attached hydrogen (secondary N) is 3. The van der Waals surface area contributed by atoms with E-state index in [-0.39, 0.29) is 36.4 Å². The minimum absolute atomic E-state index is 0.0593. The summed E-state index contributed by atoms with van der Waals surface area (Å²) in [6.07, 6.45) is 5.86. The molecule has 14 heteroatoms. The highest BCUT2D eigenvalue weighted by atomic mass is 16.3. The summed E-state index contributed by atoms with van der Waals surface area (Å²) in [5, 5.41) is 18.4. The number of unbranched alkanes of at least 4 members (excludes halogenated alkanes) is 1. The Morgan fingerprint density at radius 1 is 0.889 bits per heavy atom. The van der Waals surface area contributed by atoms with Gasteiger partial charge in [-0.05, 0) is 118 Å². The Morgan fingerprint density at radius 3 is 2.00 bits per heavy atom. The molecule has 0 aromatic heterocycles. The molecule has 2 bridgehead atoms. The van der Waals surface area contributed by atoms with Gasteiger partial charge >= 0.3 is 0 Å². The molecule has 14 nitrogen and oxygen atoms in total. The summed E-state index contributed by atoms with van der Waals surface area (Å²) in [6.45, 7) is 4.31. The number of nitrogens with two attached hydrogens (primary N) is 5. The molecule has 0 saturated heterocycles. The molecular weight excluding hydrogens is 578 g/mol. The van der Waals surface area contributed by atoms with Crippen LogP contribution in [0.5, 0.6) is 5.75 Å². The maximum absolute atomic E-state index is 13.8. The number of aliphatic imine (C=N–C) groups is 1. The Hall–Kier alpha value is -3.91. The fourth-order valence-corrected chi connectivity index (χ4v) is 6.50. The molecule has 0 unspecified atom stereocenters. The average molecular weight is 630 g/mol. The molecule has 1 aromatic carbocycles. The Balaban J connectivity index is 1.77. The maximum Gasteiger partial charge on any atom is 0.243 e. The van der Waals surface area contributed by atoms with Crippen molar-refractivity contribution in [3.8, 4) is 5.75 Å². The van der Waals surface area contributed by atoms with Gasteiger partial charge in [-0.3, -0.25) is 24.2 Å². The number of rotatable bonds is 19. The quantitative estimate of drug-likeness (QED) is 0.0525. The molecule has 3 aliphatic rings. The Morgan fingerprint density at radius 2 is 1.47 bits per heavy atom. The molecule has 14 N–H and O–H groups in total. The number of aryl methyl sites for hydroxylation is 2. The Bertz CT molecular complexity index is 1230. The minimum atomic E-state index is -1.10. The minimum Gasteiger partial charge on any atom is -0.508 e. The van der Waals surface area contributed by atoms with E-state index >= 15 is 0 Å². The van der Waals surface area contributed by atoms with E-state index in [0.717, 1.165) is 36.0 Å². The summed E-state index contributed by atoms with van der Waals surface area (Å²) >= 11 is 0. The third-order valence-electron chi connectivity index (χ3n) is 9.07. The molecular formula is C31H51N9O5. The van der Waals surface area contributed by atoms with E-state index in [4.69, 9.17) is 28.7 Å². The highest BCUT2D eigenvalue weighted by Crippen LogP contribution is 2.66. The van der Waals surface area contributed by atoms with Gasteiger partial charge in [-0.25, -0.2) is 0 Å². The molecule has 250 valence electrons. The number of carbonyl (C=O) groups excluding carboxylic acids is 4. The summed E-state index contributed by atoms with van der Waals surface area (Å²) in [6, 6.07) is -0.716. The van der Waals surface area contributed by atoms with Crippen LogP contribution in [-0.4, -0.2) is 72.0 Å². The molecule has 4 amide bonds. The molecule has 0 radical (unpaired) electrons. The second-order valence-corrected chi connectivity index (χ2v) is 12.9. The van der Waals surface area contributed by atoms with Crippen LogP contribution in [0.25, 0.3) is 0 Å². The smallest absolute Gasteiger partial charge is 0.243 e. The van der Waals surface area contributed by atoms with Crippen LogP contribution in [0.4, 0.5) is 0 Å². The molecule has 3 aliphatic carbocycles. The van der Waals surface area contributed by atoms with Crippen LogP contribution in [0.1, 0.15) is 74.5 Å². The number of nitrogens with zero attached hydrogens (tertiary/aromatic N) is 1. The zero-order chi connectivity index (χ0) is 33.3. The van der Waals surface area contributed by atoms with E-state index in [1.807, 2.05) is 0 Å². The second kappa shape index (κ2) is 15.9. The van der Waals surface area contributed by atoms with Crippen molar-refractivity contribution in [2.75, 3.05) is 13.1 Å². The van der Waals surface area contributed by atoms with Gasteiger partial charge in [0.1, 0.15) is 23.9 Å². The molecule has 0 spiro atoms. The number of guanidine groups is 1. The summed E-state index contributed by atoms with van der Waals surface area (Å²) < 4.78 is 0. The monoisotopic (exact) mass is 629 g/mol. The van der Waals surface area contributed by atoms with Crippen molar-refractivity contribution in [2.24, 2.45) is 45.0 Å². The molecule has 4 rings (SSSR count). The number of hydrogen-bond donors (Lipinski definition) is 9. The summed E-state index contributed by atoms with van der Waals surface area (Å²) in [5.74, 6) is -1.54. The predicted octanol–water partition coefficient (Wildman–Crippen LogP) is -0.809. The van der Waals surface area contributed by atoms with Crippen LogP contribution in [0.2, 0.25) is 0 Å². The molecule has 3 fully saturated rings. The first kappa shape index (κ1) is 35.6. The summed E-state index contributed by atoms with van der Waals surface area (Å²) in [7, 11) is 0. The first-order valence-corrected chi connectivity index (χ1v) is 15.7. The lowest BCUT2D eigenvalue weighted by molar-refractivity contribution is -0.140. The SMILES string of the molecule is Cc1cc(O)cc(C)c1C[C@H](NC(=O)[C@H](N)CCCN=C(N)N)C(=O)N[C@@H](CCCCN)C(=O)N[C@@H](CC12CC(C1)C2)C(N)=O. The normalized spacial score (nSPS) is 20.8. The van der Waals surface area contributed by atoms with Crippen molar-refractivity contribution < 1.29 is 24.3 Å². The largest absolute Gasteiger partial charge is 0.508 e. The second-order valence-electron chi connectivity index (χ2n) is 12.9. The highest BCUT2D eigenvalue weighted by Gasteiger charge is 2.57. The molecule has 4 atom stereocenters. The Labute approximate surface area is 264 Å². The van der Waals surface area contributed by atoms with Crippen LogP contribution < -0.4 is 44.6 Å². The lowest BCUT2D eigenvalue weighted by Gasteiger charge is -2.63. The van der Waals surface area contributed by atoms with Gasteiger partial charge in [0.15, 0.2) is 5.96 Å². The van der Waals surface area contributed by atoms with E-state index in [2.05, 4.69) is 20.9 Å². The first-order chi connectivity index (χ1) is 21.2. The van der Waals surface area contributed by atoms with Gasteiger partial charge in [-0.1, -0.05) is 0 Å². The molecule has 0 heterocycles. The zero-order valence-corrected chi connectivity index (χ0v) is 26.4. The fourth-order valence-electron chi connectivity index (χ4n) is 6.50. The van der Waals surface area contributed by atoms with Gasteiger partial charge < -0.3 is 49.7 Å². The standard InChI is InChI=1S/C31H51N9O5/c1-17-10-20(41)11-18(2)21(17)12-24(39-27(43)22(33)6-5-9-37-30(35)36)29(45)38-23(7-3-4-8-32)28(44)40-25(26(34)42)16-31-13-19(14-31)15-31/h10-11,19,22-25,41H,3-9,12-16,32-33H2,1-2H3,(H2,34,42)(H,38,45)(H,39,43)(H,40,44)(H4,35,36,37)/t19?,22-,23+,24+,25+,31?/m1/s1. The van der Waals surface area contributed by atoms with Gasteiger partial charge in [-0.15, -0.1) is 0 Å². The maximum atomic E-state index is 13.8. The van der Waals surface area contributed by atoms with E-state index < -0.39 is 47.8 Å². The average Bonchev–Trinajstić information content (AvgIpc) is 2.91. The number of aromatic hydroxyl groups is 1. The van der Waals surface area contributed by atoms with Crippen molar-refractivity contribution in [2.45, 2.75) is 102 Å². The van der Waals surface area contributed by atoms with Gasteiger partial charge in [0, 0.05) is 13.0 Å². The number of amides is 4. The lowest BCUT2D eigenvalue weighted by atomic mass is 9.43. The third-order valence-corrected chi connectivity index (χ3v) is 9.07. The van der Waals surface area contributed by atoms with Crippen LogP contribution in [-0.2, 0) is 25.6 Å². The van der Waals surface area contributed by atoms with Crippen molar-refractivity contribution in [3.05, 3.63) is 28.8 Å². The number of carbonyl (C=O) groups is 4. The lowest BCUT2D eigenvalue weighted by Crippen LogP contribution is -2.60.